The zero-order chi connectivity index (χ0) is 16.8. The second kappa shape index (κ2) is 7.92. The maximum atomic E-state index is 11.6. The monoisotopic (exact) mass is 329 g/mol. The zero-order valence-electron chi connectivity index (χ0n) is 13.9. The lowest BCUT2D eigenvalue weighted by Gasteiger charge is -2.33. The Bertz CT molecular complexity index is 658. The van der Waals surface area contributed by atoms with Gasteiger partial charge in [0.2, 0.25) is 0 Å². The van der Waals surface area contributed by atoms with Crippen LogP contribution in [0.2, 0.25) is 0 Å². The van der Waals surface area contributed by atoms with Gasteiger partial charge in [-0.15, -0.1) is 0 Å². The van der Waals surface area contributed by atoms with Crippen molar-refractivity contribution in [2.75, 3.05) is 19.7 Å². The normalized spacial score (nSPS) is 18.3. The Morgan fingerprint density at radius 2 is 2.17 bits per heavy atom. The van der Waals surface area contributed by atoms with Crippen molar-refractivity contribution in [3.05, 3.63) is 36.8 Å². The van der Waals surface area contributed by atoms with Crippen molar-refractivity contribution in [1.82, 2.24) is 25.0 Å². The lowest BCUT2D eigenvalue weighted by Crippen LogP contribution is -2.48. The van der Waals surface area contributed by atoms with E-state index in [1.165, 1.54) is 0 Å². The highest BCUT2D eigenvalue weighted by Crippen LogP contribution is 2.19. The second-order valence-electron chi connectivity index (χ2n) is 5.87. The number of carbonyl (C=O) groups is 1. The quantitative estimate of drug-likeness (QED) is 0.909. The summed E-state index contributed by atoms with van der Waals surface area (Å²) in [5.41, 5.74) is 2.17. The van der Waals surface area contributed by atoms with Crippen LogP contribution in [0.1, 0.15) is 19.8 Å². The van der Waals surface area contributed by atoms with Crippen molar-refractivity contribution in [1.29, 1.82) is 0 Å². The van der Waals surface area contributed by atoms with Crippen molar-refractivity contribution in [2.45, 2.75) is 32.5 Å². The first-order valence-corrected chi connectivity index (χ1v) is 8.34. The molecule has 1 amide bonds. The number of piperidine rings is 1. The Kier molecular flexibility index (Phi) is 5.43. The maximum absolute atomic E-state index is 11.6. The van der Waals surface area contributed by atoms with Crippen LogP contribution in [-0.2, 0) is 11.4 Å². The van der Waals surface area contributed by atoms with Crippen molar-refractivity contribution in [3.63, 3.8) is 0 Å². The third-order valence-corrected chi connectivity index (χ3v) is 4.13. The van der Waals surface area contributed by atoms with E-state index in [0.717, 1.165) is 37.2 Å². The van der Waals surface area contributed by atoms with E-state index in [1.807, 2.05) is 36.0 Å². The summed E-state index contributed by atoms with van der Waals surface area (Å²) in [5.74, 6) is 0. The molecule has 0 spiro atoms. The number of aromatic nitrogens is 3. The Morgan fingerprint density at radius 1 is 1.33 bits per heavy atom. The van der Waals surface area contributed by atoms with Gasteiger partial charge in [0.25, 0.3) is 0 Å². The molecular weight excluding hydrogens is 306 g/mol. The molecule has 1 N–H and O–H groups in total. The summed E-state index contributed by atoms with van der Waals surface area (Å²) in [4.78, 5) is 18.0. The molecule has 0 radical (unpaired) electrons. The summed E-state index contributed by atoms with van der Waals surface area (Å²) in [7, 11) is 0. The summed E-state index contributed by atoms with van der Waals surface area (Å²) < 4.78 is 6.96. The highest BCUT2D eigenvalue weighted by Gasteiger charge is 2.22. The maximum Gasteiger partial charge on any atom is 0.407 e. The molecule has 2 aromatic rings. The number of pyridine rings is 1. The second-order valence-corrected chi connectivity index (χ2v) is 5.87. The van der Waals surface area contributed by atoms with Gasteiger partial charge in [0.05, 0.1) is 19.0 Å². The molecular formula is C17H23N5O2. The molecule has 1 saturated heterocycles. The molecule has 3 rings (SSSR count). The summed E-state index contributed by atoms with van der Waals surface area (Å²) >= 11 is 0. The SMILES string of the molecule is CCOC(=O)N[C@@H]1CCCN(Cn2nccc2-c2ccncc2)C1. The van der Waals surface area contributed by atoms with Gasteiger partial charge in [0.15, 0.2) is 0 Å². The first kappa shape index (κ1) is 16.4. The average Bonchev–Trinajstić information content (AvgIpc) is 3.04. The fourth-order valence-corrected chi connectivity index (χ4v) is 3.04. The number of rotatable bonds is 5. The van der Waals surface area contributed by atoms with Crippen molar-refractivity contribution in [2.24, 2.45) is 0 Å². The highest BCUT2D eigenvalue weighted by atomic mass is 16.5. The fraction of sp³-hybridized carbons (Fsp3) is 0.471. The third-order valence-electron chi connectivity index (χ3n) is 4.13. The third kappa shape index (κ3) is 4.11. The molecule has 1 aliphatic rings. The van der Waals surface area contributed by atoms with Crippen molar-refractivity contribution >= 4 is 6.09 Å². The molecule has 0 bridgehead atoms. The van der Waals surface area contributed by atoms with E-state index in [1.54, 1.807) is 12.4 Å². The largest absolute Gasteiger partial charge is 0.450 e. The predicted molar refractivity (Wildman–Crippen MR) is 90.2 cm³/mol. The molecule has 0 aliphatic carbocycles. The molecule has 1 atom stereocenters. The number of hydrogen-bond acceptors (Lipinski definition) is 5. The van der Waals surface area contributed by atoms with Crippen LogP contribution in [0, 0.1) is 0 Å². The number of ether oxygens (including phenoxy) is 1. The molecule has 7 nitrogen and oxygen atoms in total. The minimum atomic E-state index is -0.332. The number of alkyl carbamates (subject to hydrolysis) is 1. The molecule has 0 unspecified atom stereocenters. The van der Waals surface area contributed by atoms with Gasteiger partial charge in [-0.05, 0) is 38.0 Å². The molecule has 24 heavy (non-hydrogen) atoms. The van der Waals surface area contributed by atoms with Gasteiger partial charge < -0.3 is 10.1 Å². The van der Waals surface area contributed by atoms with Gasteiger partial charge in [-0.25, -0.2) is 4.79 Å². The number of carbonyl (C=O) groups excluding carboxylic acids is 1. The van der Waals surface area contributed by atoms with E-state index in [4.69, 9.17) is 4.74 Å². The number of nitrogens with zero attached hydrogens (tertiary/aromatic N) is 4. The van der Waals surface area contributed by atoms with Gasteiger partial charge in [0, 0.05) is 43.3 Å². The lowest BCUT2D eigenvalue weighted by atomic mass is 10.1. The van der Waals surface area contributed by atoms with Crippen molar-refractivity contribution < 1.29 is 9.53 Å². The summed E-state index contributed by atoms with van der Waals surface area (Å²) in [6, 6.07) is 6.09. The van der Waals surface area contributed by atoms with Crippen LogP contribution >= 0.6 is 0 Å². The van der Waals surface area contributed by atoms with E-state index < -0.39 is 0 Å². The Balaban J connectivity index is 1.62. The molecule has 0 saturated carbocycles. The van der Waals surface area contributed by atoms with Gasteiger partial charge in [0.1, 0.15) is 0 Å². The van der Waals surface area contributed by atoms with Crippen LogP contribution in [0.5, 0.6) is 0 Å². The smallest absolute Gasteiger partial charge is 0.407 e. The molecule has 2 aromatic heterocycles. The van der Waals surface area contributed by atoms with Gasteiger partial charge >= 0.3 is 6.09 Å². The van der Waals surface area contributed by atoms with E-state index >= 15 is 0 Å². The Labute approximate surface area is 141 Å². The van der Waals surface area contributed by atoms with Crippen LogP contribution in [0.3, 0.4) is 0 Å². The number of hydrogen-bond donors (Lipinski definition) is 1. The van der Waals surface area contributed by atoms with Crippen LogP contribution in [0.4, 0.5) is 4.79 Å². The minimum Gasteiger partial charge on any atom is -0.450 e. The van der Waals surface area contributed by atoms with Crippen LogP contribution in [-0.4, -0.2) is 51.5 Å². The number of nitrogens with one attached hydrogen (secondary N) is 1. The molecule has 7 heteroatoms. The van der Waals surface area contributed by atoms with Crippen LogP contribution in [0.15, 0.2) is 36.8 Å². The molecule has 1 aliphatic heterocycles. The first-order chi connectivity index (χ1) is 11.8. The first-order valence-electron chi connectivity index (χ1n) is 8.34. The lowest BCUT2D eigenvalue weighted by molar-refractivity contribution is 0.122. The van der Waals surface area contributed by atoms with Crippen molar-refractivity contribution in [3.8, 4) is 11.3 Å². The molecule has 128 valence electrons. The summed E-state index contributed by atoms with van der Waals surface area (Å²) in [6.07, 6.45) is 7.07. The number of likely N-dealkylation sites (tertiary alicyclic amines) is 1. The van der Waals surface area contributed by atoms with E-state index in [9.17, 15) is 4.79 Å². The Morgan fingerprint density at radius 3 is 2.96 bits per heavy atom. The predicted octanol–water partition coefficient (Wildman–Crippen LogP) is 2.11. The minimum absolute atomic E-state index is 0.123. The van der Waals surface area contributed by atoms with E-state index in [0.29, 0.717) is 13.3 Å². The fourth-order valence-electron chi connectivity index (χ4n) is 3.04. The van der Waals surface area contributed by atoms with E-state index in [2.05, 4.69) is 20.3 Å². The van der Waals surface area contributed by atoms with Crippen LogP contribution < -0.4 is 5.32 Å². The molecule has 3 heterocycles. The molecule has 1 fully saturated rings. The zero-order valence-corrected chi connectivity index (χ0v) is 13.9. The standard InChI is InChI=1S/C17H23N5O2/c1-2-24-17(23)20-15-4-3-11-21(12-15)13-22-16(7-10-19-22)14-5-8-18-9-6-14/h5-10,15H,2-4,11-13H2,1H3,(H,20,23)/t15-/m1/s1. The Hall–Kier alpha value is -2.41. The van der Waals surface area contributed by atoms with Crippen LogP contribution in [0.25, 0.3) is 11.3 Å². The highest BCUT2D eigenvalue weighted by molar-refractivity contribution is 5.67. The van der Waals surface area contributed by atoms with Gasteiger partial charge in [-0.2, -0.15) is 5.10 Å². The van der Waals surface area contributed by atoms with E-state index in [-0.39, 0.29) is 12.1 Å². The topological polar surface area (TPSA) is 72.3 Å². The molecule has 0 aromatic carbocycles. The number of amides is 1. The summed E-state index contributed by atoms with van der Waals surface area (Å²) in [6.45, 7) is 4.70. The average molecular weight is 329 g/mol. The summed E-state index contributed by atoms with van der Waals surface area (Å²) in [5, 5.41) is 7.38. The van der Waals surface area contributed by atoms with Gasteiger partial charge in [-0.3, -0.25) is 14.6 Å². The van der Waals surface area contributed by atoms with Gasteiger partial charge in [-0.1, -0.05) is 0 Å².